The van der Waals surface area contributed by atoms with Crippen molar-refractivity contribution in [2.24, 2.45) is 0 Å². The maximum Gasteiger partial charge on any atom is 0.249 e. The lowest BCUT2D eigenvalue weighted by Gasteiger charge is -2.24. The zero-order valence-corrected chi connectivity index (χ0v) is 14.3. The fraction of sp³-hybridized carbons (Fsp3) is 0.611. The summed E-state index contributed by atoms with van der Waals surface area (Å²) < 4.78 is 30.0. The molecule has 0 spiro atoms. The number of nitrogens with one attached hydrogen (secondary N) is 1. The summed E-state index contributed by atoms with van der Waals surface area (Å²) >= 11 is 0. The van der Waals surface area contributed by atoms with Crippen LogP contribution in [-0.4, -0.2) is 44.0 Å². The molecule has 1 N–H and O–H groups in total. The van der Waals surface area contributed by atoms with Crippen molar-refractivity contribution in [1.82, 2.24) is 5.32 Å². The Labute approximate surface area is 142 Å². The zero-order valence-electron chi connectivity index (χ0n) is 14.3. The highest BCUT2D eigenvalue weighted by molar-refractivity contribution is 5.80. The van der Waals surface area contributed by atoms with E-state index in [1.165, 1.54) is 6.07 Å². The SMILES string of the molecule is C[C@H](COc1ccccc1F)NC(=O)[C@@H](C)OC[C@@H]1CCCCO1. The molecule has 0 aliphatic carbocycles. The molecule has 1 aromatic rings. The molecular formula is C18H26FNO4. The molecule has 2 rings (SSSR count). The van der Waals surface area contributed by atoms with E-state index in [0.717, 1.165) is 25.9 Å². The first-order valence-corrected chi connectivity index (χ1v) is 8.47. The standard InChI is InChI=1S/C18H26FNO4/c1-13(11-24-17-9-4-3-8-16(17)19)20-18(21)14(2)23-12-15-7-5-6-10-22-15/h3-4,8-9,13-15H,5-7,10-12H2,1-2H3,(H,20,21)/t13-,14-,15+/m1/s1. The molecule has 1 fully saturated rings. The summed E-state index contributed by atoms with van der Waals surface area (Å²) in [5.74, 6) is -0.451. The molecule has 134 valence electrons. The fourth-order valence-corrected chi connectivity index (χ4v) is 2.44. The molecule has 1 saturated heterocycles. The van der Waals surface area contributed by atoms with Crippen LogP contribution in [-0.2, 0) is 14.3 Å². The molecule has 0 aromatic heterocycles. The summed E-state index contributed by atoms with van der Waals surface area (Å²) in [5, 5.41) is 2.80. The number of hydrogen-bond donors (Lipinski definition) is 1. The molecule has 1 amide bonds. The molecule has 0 radical (unpaired) electrons. The second-order valence-electron chi connectivity index (χ2n) is 6.12. The predicted octanol–water partition coefficient (Wildman–Crippen LogP) is 2.68. The van der Waals surface area contributed by atoms with Gasteiger partial charge in [0.25, 0.3) is 0 Å². The Bertz CT molecular complexity index is 519. The summed E-state index contributed by atoms with van der Waals surface area (Å²) in [6.07, 6.45) is 2.72. The van der Waals surface area contributed by atoms with Gasteiger partial charge in [0.05, 0.1) is 18.8 Å². The van der Waals surface area contributed by atoms with Gasteiger partial charge in [-0.3, -0.25) is 4.79 Å². The van der Waals surface area contributed by atoms with E-state index in [0.29, 0.717) is 6.61 Å². The molecule has 5 nitrogen and oxygen atoms in total. The van der Waals surface area contributed by atoms with Gasteiger partial charge in [-0.05, 0) is 45.2 Å². The van der Waals surface area contributed by atoms with E-state index in [2.05, 4.69) is 5.32 Å². The van der Waals surface area contributed by atoms with Gasteiger partial charge in [0.15, 0.2) is 11.6 Å². The lowest BCUT2D eigenvalue weighted by Crippen LogP contribution is -2.43. The summed E-state index contributed by atoms with van der Waals surface area (Å²) in [6, 6.07) is 5.93. The first-order valence-electron chi connectivity index (χ1n) is 8.47. The van der Waals surface area contributed by atoms with E-state index in [9.17, 15) is 9.18 Å². The largest absolute Gasteiger partial charge is 0.488 e. The number of para-hydroxylation sites is 1. The van der Waals surface area contributed by atoms with E-state index in [1.54, 1.807) is 32.0 Å². The van der Waals surface area contributed by atoms with Crippen molar-refractivity contribution in [2.45, 2.75) is 51.4 Å². The molecule has 6 heteroatoms. The van der Waals surface area contributed by atoms with Crippen LogP contribution in [0, 0.1) is 5.82 Å². The Balaban J connectivity index is 1.67. The van der Waals surface area contributed by atoms with Crippen LogP contribution in [0.25, 0.3) is 0 Å². The van der Waals surface area contributed by atoms with Gasteiger partial charge in [-0.1, -0.05) is 12.1 Å². The van der Waals surface area contributed by atoms with E-state index >= 15 is 0 Å². The van der Waals surface area contributed by atoms with Crippen LogP contribution in [0.1, 0.15) is 33.1 Å². The van der Waals surface area contributed by atoms with Crippen LogP contribution in [0.15, 0.2) is 24.3 Å². The summed E-state index contributed by atoms with van der Waals surface area (Å²) in [7, 11) is 0. The van der Waals surface area contributed by atoms with Gasteiger partial charge >= 0.3 is 0 Å². The minimum Gasteiger partial charge on any atom is -0.488 e. The Kier molecular flexibility index (Phi) is 7.46. The molecule has 1 aromatic carbocycles. The van der Waals surface area contributed by atoms with Crippen molar-refractivity contribution >= 4 is 5.91 Å². The summed E-state index contributed by atoms with van der Waals surface area (Å²) in [5.41, 5.74) is 0. The van der Waals surface area contributed by atoms with Crippen molar-refractivity contribution in [3.05, 3.63) is 30.1 Å². The second kappa shape index (κ2) is 9.59. The number of carbonyl (C=O) groups excluding carboxylic acids is 1. The Morgan fingerprint density at radius 1 is 1.38 bits per heavy atom. The highest BCUT2D eigenvalue weighted by Gasteiger charge is 2.20. The second-order valence-corrected chi connectivity index (χ2v) is 6.12. The Morgan fingerprint density at radius 2 is 2.17 bits per heavy atom. The van der Waals surface area contributed by atoms with Gasteiger partial charge in [-0.25, -0.2) is 4.39 Å². The molecule has 0 saturated carbocycles. The van der Waals surface area contributed by atoms with E-state index in [1.807, 2.05) is 0 Å². The smallest absolute Gasteiger partial charge is 0.249 e. The number of rotatable bonds is 8. The maximum absolute atomic E-state index is 13.5. The summed E-state index contributed by atoms with van der Waals surface area (Å²) in [4.78, 5) is 12.1. The van der Waals surface area contributed by atoms with E-state index in [4.69, 9.17) is 14.2 Å². The third-order valence-corrected chi connectivity index (χ3v) is 3.89. The number of ether oxygens (including phenoxy) is 3. The monoisotopic (exact) mass is 339 g/mol. The topological polar surface area (TPSA) is 56.8 Å². The predicted molar refractivity (Wildman–Crippen MR) is 88.5 cm³/mol. The van der Waals surface area contributed by atoms with E-state index in [-0.39, 0.29) is 30.4 Å². The van der Waals surface area contributed by atoms with Crippen LogP contribution in [0.2, 0.25) is 0 Å². The quantitative estimate of drug-likeness (QED) is 0.791. The first-order chi connectivity index (χ1) is 11.6. The van der Waals surface area contributed by atoms with Gasteiger partial charge in [0.1, 0.15) is 12.7 Å². The average molecular weight is 339 g/mol. The minimum absolute atomic E-state index is 0.0795. The van der Waals surface area contributed by atoms with Crippen molar-refractivity contribution < 1.29 is 23.4 Å². The van der Waals surface area contributed by atoms with Crippen molar-refractivity contribution in [3.63, 3.8) is 0 Å². The van der Waals surface area contributed by atoms with Crippen molar-refractivity contribution in [3.8, 4) is 5.75 Å². The molecule has 3 atom stereocenters. The van der Waals surface area contributed by atoms with Crippen molar-refractivity contribution in [1.29, 1.82) is 0 Å². The minimum atomic E-state index is -0.563. The number of benzene rings is 1. The number of halogens is 1. The number of hydrogen-bond acceptors (Lipinski definition) is 4. The average Bonchev–Trinajstić information content (AvgIpc) is 2.59. The lowest BCUT2D eigenvalue weighted by molar-refractivity contribution is -0.136. The Hall–Kier alpha value is -1.66. The van der Waals surface area contributed by atoms with Crippen molar-refractivity contribution in [2.75, 3.05) is 19.8 Å². The van der Waals surface area contributed by atoms with Crippen LogP contribution in [0.3, 0.4) is 0 Å². The first kappa shape index (κ1) is 18.7. The summed E-state index contributed by atoms with van der Waals surface area (Å²) in [6.45, 7) is 4.89. The highest BCUT2D eigenvalue weighted by atomic mass is 19.1. The van der Waals surface area contributed by atoms with Crippen LogP contribution >= 0.6 is 0 Å². The fourth-order valence-electron chi connectivity index (χ4n) is 2.44. The normalized spacial score (nSPS) is 20.2. The molecular weight excluding hydrogens is 313 g/mol. The number of carbonyl (C=O) groups is 1. The zero-order chi connectivity index (χ0) is 17.4. The third kappa shape index (κ3) is 6.09. The lowest BCUT2D eigenvalue weighted by atomic mass is 10.1. The molecule has 0 unspecified atom stereocenters. The van der Waals surface area contributed by atoms with E-state index < -0.39 is 11.9 Å². The van der Waals surface area contributed by atoms with Crippen LogP contribution < -0.4 is 10.1 Å². The molecule has 1 heterocycles. The molecule has 24 heavy (non-hydrogen) atoms. The highest BCUT2D eigenvalue weighted by Crippen LogP contribution is 2.15. The van der Waals surface area contributed by atoms with Crippen LogP contribution in [0.4, 0.5) is 4.39 Å². The maximum atomic E-state index is 13.5. The third-order valence-electron chi connectivity index (χ3n) is 3.89. The van der Waals surface area contributed by atoms with Gasteiger partial charge in [-0.15, -0.1) is 0 Å². The van der Waals surface area contributed by atoms with Gasteiger partial charge in [0, 0.05) is 6.61 Å². The van der Waals surface area contributed by atoms with Gasteiger partial charge < -0.3 is 19.5 Å². The Morgan fingerprint density at radius 3 is 2.88 bits per heavy atom. The number of amides is 1. The van der Waals surface area contributed by atoms with Gasteiger partial charge in [0.2, 0.25) is 5.91 Å². The molecule has 1 aliphatic rings. The van der Waals surface area contributed by atoms with Gasteiger partial charge in [-0.2, -0.15) is 0 Å². The van der Waals surface area contributed by atoms with Crippen LogP contribution in [0.5, 0.6) is 5.75 Å². The molecule has 1 aliphatic heterocycles. The molecule has 0 bridgehead atoms.